The molecule has 1 aliphatic carbocycles. The van der Waals surface area contributed by atoms with Crippen LogP contribution in [0, 0.1) is 13.8 Å². The van der Waals surface area contributed by atoms with Gasteiger partial charge in [0.1, 0.15) is 0 Å². The molecule has 2 aromatic rings. The molecule has 0 spiro atoms. The molecule has 0 saturated heterocycles. The van der Waals surface area contributed by atoms with Crippen molar-refractivity contribution in [2.45, 2.75) is 58.2 Å². The van der Waals surface area contributed by atoms with Crippen molar-refractivity contribution in [1.82, 2.24) is 15.1 Å². The van der Waals surface area contributed by atoms with Crippen LogP contribution in [-0.4, -0.2) is 21.5 Å². The highest BCUT2D eigenvalue weighted by molar-refractivity contribution is 5.28. The molecule has 2 N–H and O–H groups in total. The van der Waals surface area contributed by atoms with Gasteiger partial charge in [-0.1, -0.05) is 43.2 Å². The molecule has 1 heterocycles. The van der Waals surface area contributed by atoms with Crippen LogP contribution in [0.1, 0.15) is 48.2 Å². The van der Waals surface area contributed by atoms with Gasteiger partial charge in [-0.3, -0.25) is 4.68 Å². The summed E-state index contributed by atoms with van der Waals surface area (Å²) < 4.78 is 1.91. The van der Waals surface area contributed by atoms with Crippen LogP contribution in [-0.2, 0) is 18.6 Å². The highest BCUT2D eigenvalue weighted by Crippen LogP contribution is 2.39. The van der Waals surface area contributed by atoms with Crippen molar-refractivity contribution < 1.29 is 5.11 Å². The zero-order chi connectivity index (χ0) is 16.3. The van der Waals surface area contributed by atoms with Crippen molar-refractivity contribution in [3.05, 3.63) is 52.8 Å². The van der Waals surface area contributed by atoms with E-state index in [2.05, 4.69) is 54.6 Å². The van der Waals surface area contributed by atoms with E-state index in [0.717, 1.165) is 17.9 Å². The predicted octanol–water partition coefficient (Wildman–Crippen LogP) is 3.05. The van der Waals surface area contributed by atoms with E-state index in [9.17, 15) is 0 Å². The number of aryl methyl sites for hydroxylation is 1. The Morgan fingerprint density at radius 3 is 2.52 bits per heavy atom. The molecule has 1 aromatic heterocycles. The lowest BCUT2D eigenvalue weighted by Crippen LogP contribution is -2.39. The molecule has 4 nitrogen and oxygen atoms in total. The van der Waals surface area contributed by atoms with E-state index < -0.39 is 0 Å². The van der Waals surface area contributed by atoms with E-state index >= 15 is 0 Å². The molecule has 1 fully saturated rings. The molecule has 1 saturated carbocycles. The summed E-state index contributed by atoms with van der Waals surface area (Å²) in [6.07, 6.45) is 4.95. The number of aliphatic hydroxyl groups is 1. The van der Waals surface area contributed by atoms with Crippen molar-refractivity contribution in [2.24, 2.45) is 0 Å². The zero-order valence-corrected chi connectivity index (χ0v) is 14.2. The van der Waals surface area contributed by atoms with Crippen molar-refractivity contribution >= 4 is 0 Å². The molecular weight excluding hydrogens is 286 g/mol. The van der Waals surface area contributed by atoms with Gasteiger partial charge >= 0.3 is 0 Å². The topological polar surface area (TPSA) is 50.1 Å². The van der Waals surface area contributed by atoms with Crippen LogP contribution in [0.2, 0.25) is 0 Å². The summed E-state index contributed by atoms with van der Waals surface area (Å²) in [5, 5.41) is 17.6. The van der Waals surface area contributed by atoms with Gasteiger partial charge in [0, 0.05) is 23.3 Å². The van der Waals surface area contributed by atoms with Crippen LogP contribution < -0.4 is 5.32 Å². The highest BCUT2D eigenvalue weighted by atomic mass is 16.3. The Kier molecular flexibility index (Phi) is 4.83. The second-order valence-electron chi connectivity index (χ2n) is 6.60. The van der Waals surface area contributed by atoms with Gasteiger partial charge in [-0.2, -0.15) is 5.10 Å². The lowest BCUT2D eigenvalue weighted by atomic mass is 9.88. The summed E-state index contributed by atoms with van der Waals surface area (Å²) in [6.45, 7) is 5.68. The maximum atomic E-state index is 9.16. The van der Waals surface area contributed by atoms with E-state index in [1.54, 1.807) is 0 Å². The second-order valence-corrected chi connectivity index (χ2v) is 6.60. The van der Waals surface area contributed by atoms with Crippen LogP contribution in [0.3, 0.4) is 0 Å². The first-order valence-corrected chi connectivity index (χ1v) is 8.60. The molecule has 3 rings (SSSR count). The third kappa shape index (κ3) is 3.19. The average Bonchev–Trinajstić information content (AvgIpc) is 3.14. The lowest BCUT2D eigenvalue weighted by molar-refractivity contribution is 0.267. The van der Waals surface area contributed by atoms with Gasteiger partial charge in [-0.05, 0) is 32.3 Å². The SMILES string of the molecule is Cc1nn(CCO)c(C)c1CNC1(c2ccccc2)CCCC1. The normalized spacial score (nSPS) is 16.8. The number of aliphatic hydroxyl groups excluding tert-OH is 1. The number of nitrogens with zero attached hydrogens (tertiary/aromatic N) is 2. The Morgan fingerprint density at radius 1 is 1.17 bits per heavy atom. The summed E-state index contributed by atoms with van der Waals surface area (Å²) in [6, 6.07) is 10.8. The number of nitrogens with one attached hydrogen (secondary N) is 1. The molecule has 0 amide bonds. The minimum Gasteiger partial charge on any atom is -0.394 e. The van der Waals surface area contributed by atoms with Crippen molar-refractivity contribution in [3.8, 4) is 0 Å². The Labute approximate surface area is 138 Å². The van der Waals surface area contributed by atoms with E-state index in [0.29, 0.717) is 6.54 Å². The fraction of sp³-hybridized carbons (Fsp3) is 0.526. The van der Waals surface area contributed by atoms with Gasteiger partial charge in [-0.25, -0.2) is 0 Å². The Balaban J connectivity index is 1.81. The van der Waals surface area contributed by atoms with Gasteiger partial charge in [0.2, 0.25) is 0 Å². The first-order chi connectivity index (χ1) is 11.2. The smallest absolute Gasteiger partial charge is 0.0644 e. The summed E-state index contributed by atoms with van der Waals surface area (Å²) >= 11 is 0. The lowest BCUT2D eigenvalue weighted by Gasteiger charge is -2.31. The standard InChI is InChI=1S/C19H27N3O/c1-15-18(16(2)22(21-15)12-13-23)14-20-19(10-6-7-11-19)17-8-4-3-5-9-17/h3-5,8-9,20,23H,6-7,10-14H2,1-2H3. The fourth-order valence-corrected chi connectivity index (χ4v) is 3.86. The Morgan fingerprint density at radius 2 is 1.87 bits per heavy atom. The molecule has 124 valence electrons. The van der Waals surface area contributed by atoms with E-state index in [1.165, 1.54) is 36.8 Å². The zero-order valence-electron chi connectivity index (χ0n) is 14.2. The molecule has 23 heavy (non-hydrogen) atoms. The molecule has 0 unspecified atom stereocenters. The van der Waals surface area contributed by atoms with E-state index in [1.807, 2.05) is 4.68 Å². The predicted molar refractivity (Wildman–Crippen MR) is 92.2 cm³/mol. The summed E-state index contributed by atoms with van der Waals surface area (Å²) in [4.78, 5) is 0. The molecule has 1 aromatic carbocycles. The Hall–Kier alpha value is -1.65. The van der Waals surface area contributed by atoms with Gasteiger partial charge in [0.25, 0.3) is 0 Å². The molecule has 1 aliphatic rings. The van der Waals surface area contributed by atoms with Crippen molar-refractivity contribution in [3.63, 3.8) is 0 Å². The molecule has 4 heteroatoms. The fourth-order valence-electron chi connectivity index (χ4n) is 3.86. The van der Waals surface area contributed by atoms with Crippen molar-refractivity contribution in [1.29, 1.82) is 0 Å². The average molecular weight is 313 g/mol. The van der Waals surface area contributed by atoms with Crippen LogP contribution >= 0.6 is 0 Å². The van der Waals surface area contributed by atoms with Gasteiger partial charge < -0.3 is 10.4 Å². The highest BCUT2D eigenvalue weighted by Gasteiger charge is 2.35. The van der Waals surface area contributed by atoms with Crippen LogP contribution in [0.5, 0.6) is 0 Å². The molecule has 0 atom stereocenters. The summed E-state index contributed by atoms with van der Waals surface area (Å²) in [7, 11) is 0. The monoisotopic (exact) mass is 313 g/mol. The number of rotatable bonds is 6. The largest absolute Gasteiger partial charge is 0.394 e. The van der Waals surface area contributed by atoms with Gasteiger partial charge in [-0.15, -0.1) is 0 Å². The van der Waals surface area contributed by atoms with Crippen LogP contribution in [0.4, 0.5) is 0 Å². The number of hydrogen-bond acceptors (Lipinski definition) is 3. The Bertz CT molecular complexity index is 642. The third-order valence-electron chi connectivity index (χ3n) is 5.23. The quantitative estimate of drug-likeness (QED) is 0.862. The molecule has 0 aliphatic heterocycles. The van der Waals surface area contributed by atoms with Gasteiger partial charge in [0.05, 0.1) is 18.8 Å². The number of benzene rings is 1. The van der Waals surface area contributed by atoms with E-state index in [-0.39, 0.29) is 12.1 Å². The number of aromatic nitrogens is 2. The molecule has 0 radical (unpaired) electrons. The first-order valence-electron chi connectivity index (χ1n) is 8.60. The van der Waals surface area contributed by atoms with Crippen LogP contribution in [0.15, 0.2) is 30.3 Å². The summed E-state index contributed by atoms with van der Waals surface area (Å²) in [5.74, 6) is 0. The number of hydrogen-bond donors (Lipinski definition) is 2. The first kappa shape index (κ1) is 16.2. The van der Waals surface area contributed by atoms with Gasteiger partial charge in [0.15, 0.2) is 0 Å². The minimum absolute atomic E-state index is 0.0964. The third-order valence-corrected chi connectivity index (χ3v) is 5.23. The van der Waals surface area contributed by atoms with Crippen molar-refractivity contribution in [2.75, 3.05) is 6.61 Å². The maximum absolute atomic E-state index is 9.16. The van der Waals surface area contributed by atoms with Crippen LogP contribution in [0.25, 0.3) is 0 Å². The van der Waals surface area contributed by atoms with E-state index in [4.69, 9.17) is 5.11 Å². The molecular formula is C19H27N3O. The molecule has 0 bridgehead atoms. The maximum Gasteiger partial charge on any atom is 0.0644 e. The minimum atomic E-state index is 0.0964. The second kappa shape index (κ2) is 6.85. The summed E-state index contributed by atoms with van der Waals surface area (Å²) in [5.41, 5.74) is 4.98.